The van der Waals surface area contributed by atoms with Crippen molar-refractivity contribution < 1.29 is 0 Å². The SMILES string of the molecule is C[CH2][Ge](/[CH]=C(/c1ccccc1)c1ccc(C#N)cc1)([CH2]C)[CH2]C. The normalized spacial score (nSPS) is 12.0. The van der Waals surface area contributed by atoms with E-state index in [1.807, 2.05) is 12.1 Å². The minimum atomic E-state index is -1.96. The van der Waals surface area contributed by atoms with E-state index < -0.39 is 13.3 Å². The van der Waals surface area contributed by atoms with E-state index in [1.54, 1.807) is 0 Å². The van der Waals surface area contributed by atoms with Crippen molar-refractivity contribution in [2.24, 2.45) is 0 Å². The number of hydrogen-bond acceptors (Lipinski definition) is 1. The fourth-order valence-electron chi connectivity index (χ4n) is 3.04. The Kier molecular flexibility index (Phi) is 6.24. The molecule has 0 aliphatic heterocycles. The third-order valence-electron chi connectivity index (χ3n) is 4.97. The molecule has 2 aromatic carbocycles. The van der Waals surface area contributed by atoms with E-state index in [9.17, 15) is 0 Å². The van der Waals surface area contributed by atoms with Crippen molar-refractivity contribution in [1.82, 2.24) is 0 Å². The number of nitriles is 1. The van der Waals surface area contributed by atoms with Crippen LogP contribution in [-0.4, -0.2) is 13.3 Å². The standard InChI is InChI=1S/C21H25GeN/c1-4-22(5-2,6-3)16-21(19-10-8-7-9-11-19)20-14-12-18(17-23)13-15-20/h7-16H,4-6H2,1-3H3/b21-16-. The first-order valence-electron chi connectivity index (χ1n) is 8.46. The van der Waals surface area contributed by atoms with Crippen molar-refractivity contribution in [1.29, 1.82) is 5.26 Å². The predicted octanol–water partition coefficient (Wildman–Crippen LogP) is 6.04. The van der Waals surface area contributed by atoms with E-state index in [2.05, 4.69) is 74.2 Å². The van der Waals surface area contributed by atoms with Gasteiger partial charge in [-0.15, -0.1) is 0 Å². The molecule has 0 unspecified atom stereocenters. The van der Waals surface area contributed by atoms with E-state index in [4.69, 9.17) is 5.26 Å². The predicted molar refractivity (Wildman–Crippen MR) is 102 cm³/mol. The van der Waals surface area contributed by atoms with Crippen LogP contribution in [0.4, 0.5) is 0 Å². The summed E-state index contributed by atoms with van der Waals surface area (Å²) < 4.78 is 0. The first-order valence-corrected chi connectivity index (χ1v) is 14.1. The van der Waals surface area contributed by atoms with Gasteiger partial charge in [0.15, 0.2) is 0 Å². The van der Waals surface area contributed by atoms with E-state index in [-0.39, 0.29) is 0 Å². The van der Waals surface area contributed by atoms with E-state index in [1.165, 1.54) is 32.5 Å². The van der Waals surface area contributed by atoms with Crippen molar-refractivity contribution >= 4 is 18.8 Å². The molecule has 0 aliphatic rings. The molecule has 2 heteroatoms. The maximum absolute atomic E-state index is 9.03. The second kappa shape index (κ2) is 8.17. The van der Waals surface area contributed by atoms with Crippen LogP contribution in [0.5, 0.6) is 0 Å². The average Bonchev–Trinajstić information content (AvgIpc) is 2.64. The van der Waals surface area contributed by atoms with Crippen molar-refractivity contribution in [3.63, 3.8) is 0 Å². The Hall–Kier alpha value is -1.79. The third-order valence-corrected chi connectivity index (χ3v) is 15.7. The molecule has 2 aromatic rings. The van der Waals surface area contributed by atoms with Crippen molar-refractivity contribution in [2.45, 2.75) is 36.5 Å². The molecule has 23 heavy (non-hydrogen) atoms. The summed E-state index contributed by atoms with van der Waals surface area (Å²) in [6.07, 6.45) is 0. The van der Waals surface area contributed by atoms with Crippen LogP contribution in [0.15, 0.2) is 59.5 Å². The topological polar surface area (TPSA) is 23.8 Å². The second-order valence-electron chi connectivity index (χ2n) is 6.04. The molecule has 0 fully saturated rings. The molecular formula is C21H25GeN. The number of benzene rings is 2. The van der Waals surface area contributed by atoms with Gasteiger partial charge in [-0.25, -0.2) is 0 Å². The molecule has 0 saturated heterocycles. The van der Waals surface area contributed by atoms with Crippen LogP contribution in [-0.2, 0) is 0 Å². The van der Waals surface area contributed by atoms with E-state index >= 15 is 0 Å². The molecule has 0 atom stereocenters. The Morgan fingerprint density at radius 1 is 0.870 bits per heavy atom. The van der Waals surface area contributed by atoms with Crippen LogP contribution in [0, 0.1) is 11.3 Å². The first kappa shape index (κ1) is 17.6. The molecule has 0 heterocycles. The van der Waals surface area contributed by atoms with Gasteiger partial charge in [0.25, 0.3) is 0 Å². The van der Waals surface area contributed by atoms with Gasteiger partial charge in [-0.05, 0) is 0 Å². The molecule has 0 saturated carbocycles. The summed E-state index contributed by atoms with van der Waals surface area (Å²) in [7, 11) is 0. The number of rotatable bonds is 6. The third kappa shape index (κ3) is 4.15. The number of nitrogens with zero attached hydrogens (tertiary/aromatic N) is 1. The Labute approximate surface area is 143 Å². The molecule has 0 aromatic heterocycles. The summed E-state index contributed by atoms with van der Waals surface area (Å²) in [6, 6.07) is 20.9. The van der Waals surface area contributed by atoms with Gasteiger partial charge in [0.2, 0.25) is 0 Å². The zero-order valence-electron chi connectivity index (χ0n) is 14.3. The van der Waals surface area contributed by atoms with Crippen molar-refractivity contribution in [3.05, 3.63) is 76.2 Å². The molecule has 0 amide bonds. The van der Waals surface area contributed by atoms with Gasteiger partial charge in [-0.2, -0.15) is 0 Å². The van der Waals surface area contributed by atoms with Crippen molar-refractivity contribution in [2.75, 3.05) is 0 Å². The molecule has 0 aliphatic carbocycles. The first-order chi connectivity index (χ1) is 11.2. The molecular weight excluding hydrogens is 339 g/mol. The van der Waals surface area contributed by atoms with Gasteiger partial charge < -0.3 is 0 Å². The van der Waals surface area contributed by atoms with Gasteiger partial charge in [-0.3, -0.25) is 0 Å². The second-order valence-corrected chi connectivity index (χ2v) is 16.8. The summed E-state index contributed by atoms with van der Waals surface area (Å²) in [5.74, 6) is 0. The van der Waals surface area contributed by atoms with Crippen LogP contribution >= 0.6 is 0 Å². The van der Waals surface area contributed by atoms with Crippen LogP contribution < -0.4 is 0 Å². The molecule has 0 N–H and O–H groups in total. The minimum absolute atomic E-state index is 0.718. The Balaban J connectivity index is 2.58. The molecule has 0 radical (unpaired) electrons. The summed E-state index contributed by atoms with van der Waals surface area (Å²) in [5, 5.41) is 13.0. The Morgan fingerprint density at radius 3 is 1.87 bits per heavy atom. The average molecular weight is 364 g/mol. The monoisotopic (exact) mass is 365 g/mol. The van der Waals surface area contributed by atoms with Gasteiger partial charge >= 0.3 is 143 Å². The summed E-state index contributed by atoms with van der Waals surface area (Å²) in [4.78, 5) is 2.64. The Bertz CT molecular complexity index is 681. The van der Waals surface area contributed by atoms with Crippen LogP contribution in [0.25, 0.3) is 5.57 Å². The van der Waals surface area contributed by atoms with E-state index in [0.717, 1.165) is 5.56 Å². The molecule has 118 valence electrons. The zero-order valence-corrected chi connectivity index (χ0v) is 16.4. The molecule has 0 bridgehead atoms. The van der Waals surface area contributed by atoms with Crippen LogP contribution in [0.1, 0.15) is 37.5 Å². The zero-order chi connectivity index (χ0) is 16.7. The quantitative estimate of drug-likeness (QED) is 0.574. The summed E-state index contributed by atoms with van der Waals surface area (Å²) >= 11 is -1.96. The fourth-order valence-corrected chi connectivity index (χ4v) is 9.45. The molecule has 1 nitrogen and oxygen atoms in total. The van der Waals surface area contributed by atoms with Gasteiger partial charge in [0.05, 0.1) is 0 Å². The summed E-state index contributed by atoms with van der Waals surface area (Å²) in [6.45, 7) is 7.06. The molecule has 0 spiro atoms. The number of hydrogen-bond donors (Lipinski definition) is 0. The summed E-state index contributed by atoms with van der Waals surface area (Å²) in [5.41, 5.74) is 4.57. The fraction of sp³-hybridized carbons (Fsp3) is 0.286. The van der Waals surface area contributed by atoms with Crippen molar-refractivity contribution in [3.8, 4) is 6.07 Å². The maximum atomic E-state index is 9.03. The van der Waals surface area contributed by atoms with Gasteiger partial charge in [0, 0.05) is 0 Å². The van der Waals surface area contributed by atoms with Gasteiger partial charge in [0.1, 0.15) is 0 Å². The van der Waals surface area contributed by atoms with Crippen LogP contribution in [0.2, 0.25) is 15.8 Å². The molecule has 2 rings (SSSR count). The Morgan fingerprint density at radius 2 is 1.39 bits per heavy atom. The van der Waals surface area contributed by atoms with Gasteiger partial charge in [-0.1, -0.05) is 0 Å². The van der Waals surface area contributed by atoms with Crippen LogP contribution in [0.3, 0.4) is 0 Å². The van der Waals surface area contributed by atoms with E-state index in [0.29, 0.717) is 0 Å².